The Kier molecular flexibility index (Phi) is 6.01. The first-order chi connectivity index (χ1) is 10.0. The predicted molar refractivity (Wildman–Crippen MR) is 83.0 cm³/mol. The minimum Gasteiger partial charge on any atom is -0.339 e. The van der Waals surface area contributed by atoms with E-state index in [1.807, 2.05) is 4.90 Å². The fraction of sp³-hybridized carbons (Fsp3) is 0.929. The fourth-order valence-electron chi connectivity index (χ4n) is 3.10. The molecule has 1 unspecified atom stereocenters. The molecule has 6 nitrogen and oxygen atoms in total. The zero-order valence-electron chi connectivity index (χ0n) is 12.9. The summed E-state index contributed by atoms with van der Waals surface area (Å²) in [5.74, 6) is 0.664. The number of piperazine rings is 1. The number of rotatable bonds is 6. The molecule has 2 aliphatic heterocycles. The third-order valence-corrected chi connectivity index (χ3v) is 6.21. The molecule has 2 saturated heterocycles. The van der Waals surface area contributed by atoms with Gasteiger partial charge in [0, 0.05) is 31.9 Å². The summed E-state index contributed by atoms with van der Waals surface area (Å²) in [6.07, 6.45) is 2.56. The molecule has 2 rings (SSSR count). The molecule has 7 heteroatoms. The molecule has 2 aliphatic rings. The van der Waals surface area contributed by atoms with Crippen molar-refractivity contribution in [2.45, 2.75) is 32.2 Å². The summed E-state index contributed by atoms with van der Waals surface area (Å²) in [4.78, 5) is 16.7. The van der Waals surface area contributed by atoms with E-state index >= 15 is 0 Å². The van der Waals surface area contributed by atoms with E-state index in [9.17, 15) is 13.2 Å². The van der Waals surface area contributed by atoms with E-state index in [0.29, 0.717) is 13.0 Å². The number of nitrogens with one attached hydrogen (secondary N) is 1. The minimum atomic E-state index is -2.90. The third kappa shape index (κ3) is 4.66. The lowest BCUT2D eigenvalue weighted by atomic mass is 10.1. The molecule has 0 aromatic rings. The second-order valence-corrected chi connectivity index (χ2v) is 8.33. The third-order valence-electron chi connectivity index (χ3n) is 4.42. The molecular weight excluding hydrogens is 290 g/mol. The highest BCUT2D eigenvalue weighted by Gasteiger charge is 2.33. The summed E-state index contributed by atoms with van der Waals surface area (Å²) in [5.41, 5.74) is 0. The molecule has 0 aromatic heterocycles. The Morgan fingerprint density at radius 1 is 1.24 bits per heavy atom. The van der Waals surface area contributed by atoms with E-state index in [4.69, 9.17) is 0 Å². The Morgan fingerprint density at radius 2 is 1.95 bits per heavy atom. The van der Waals surface area contributed by atoms with Crippen molar-refractivity contribution in [2.75, 3.05) is 50.8 Å². The van der Waals surface area contributed by atoms with Gasteiger partial charge in [0.1, 0.15) is 9.84 Å². The van der Waals surface area contributed by atoms with Crippen LogP contribution in [0.3, 0.4) is 0 Å². The average Bonchev–Trinajstić information content (AvgIpc) is 2.95. The number of hydrogen-bond acceptors (Lipinski definition) is 5. The highest BCUT2D eigenvalue weighted by Crippen LogP contribution is 2.20. The van der Waals surface area contributed by atoms with E-state index in [0.717, 1.165) is 45.6 Å². The van der Waals surface area contributed by atoms with Crippen molar-refractivity contribution in [3.63, 3.8) is 0 Å². The Bertz CT molecular complexity index is 446. The Labute approximate surface area is 127 Å². The van der Waals surface area contributed by atoms with E-state index < -0.39 is 9.84 Å². The van der Waals surface area contributed by atoms with Gasteiger partial charge in [-0.25, -0.2) is 8.42 Å². The van der Waals surface area contributed by atoms with Crippen molar-refractivity contribution >= 4 is 15.7 Å². The Balaban J connectivity index is 1.83. The summed E-state index contributed by atoms with van der Waals surface area (Å²) in [5, 5.41) is 3.25. The van der Waals surface area contributed by atoms with Gasteiger partial charge in [-0.1, -0.05) is 6.92 Å². The molecular formula is C14H27N3O3S. The van der Waals surface area contributed by atoms with Crippen LogP contribution in [0, 0.1) is 0 Å². The maximum absolute atomic E-state index is 12.6. The molecule has 2 heterocycles. The molecule has 1 atom stereocenters. The van der Waals surface area contributed by atoms with Gasteiger partial charge in [0.2, 0.25) is 5.91 Å². The molecule has 0 spiro atoms. The van der Waals surface area contributed by atoms with E-state index in [1.54, 1.807) is 6.92 Å². The first-order valence-electron chi connectivity index (χ1n) is 7.97. The average molecular weight is 317 g/mol. The van der Waals surface area contributed by atoms with Crippen LogP contribution in [0.2, 0.25) is 0 Å². The lowest BCUT2D eigenvalue weighted by Gasteiger charge is -2.33. The number of likely N-dealkylation sites (tertiary alicyclic amines) is 1. The number of sulfone groups is 1. The number of carbonyl (C=O) groups excluding carboxylic acids is 1. The maximum Gasteiger partial charge on any atom is 0.240 e. The fourth-order valence-corrected chi connectivity index (χ4v) is 3.96. The van der Waals surface area contributed by atoms with Gasteiger partial charge in [-0.15, -0.1) is 0 Å². The zero-order chi connectivity index (χ0) is 15.3. The van der Waals surface area contributed by atoms with Gasteiger partial charge in [0.05, 0.1) is 11.8 Å². The second kappa shape index (κ2) is 7.56. The first-order valence-corrected chi connectivity index (χ1v) is 9.79. The molecule has 0 saturated carbocycles. The molecule has 1 amide bonds. The van der Waals surface area contributed by atoms with Crippen LogP contribution in [0.15, 0.2) is 0 Å². The molecule has 122 valence electrons. The smallest absolute Gasteiger partial charge is 0.240 e. The molecule has 2 fully saturated rings. The summed E-state index contributed by atoms with van der Waals surface area (Å²) in [6.45, 7) is 6.61. The van der Waals surface area contributed by atoms with Crippen molar-refractivity contribution < 1.29 is 13.2 Å². The quantitative estimate of drug-likeness (QED) is 0.729. The summed E-state index contributed by atoms with van der Waals surface area (Å²) < 4.78 is 23.1. The summed E-state index contributed by atoms with van der Waals surface area (Å²) in [7, 11) is -2.90. The van der Waals surface area contributed by atoms with Crippen LogP contribution < -0.4 is 5.32 Å². The zero-order valence-corrected chi connectivity index (χ0v) is 13.7. The standard InChI is InChI=1S/C14H27N3O3S/c1-2-21(19,20)12-4-9-16-8-3-5-13(16)14(18)17-10-6-15-7-11-17/h13,15H,2-12H2,1H3. The molecule has 21 heavy (non-hydrogen) atoms. The van der Waals surface area contributed by atoms with Crippen molar-refractivity contribution in [3.05, 3.63) is 0 Å². The Hall–Kier alpha value is -0.660. The van der Waals surface area contributed by atoms with Gasteiger partial charge in [-0.05, 0) is 32.4 Å². The summed E-state index contributed by atoms with van der Waals surface area (Å²) in [6, 6.07) is -0.0348. The summed E-state index contributed by atoms with van der Waals surface area (Å²) >= 11 is 0. The molecule has 0 aliphatic carbocycles. The highest BCUT2D eigenvalue weighted by atomic mass is 32.2. The number of carbonyl (C=O) groups is 1. The van der Waals surface area contributed by atoms with E-state index in [-0.39, 0.29) is 23.5 Å². The van der Waals surface area contributed by atoms with Crippen LogP contribution in [0.4, 0.5) is 0 Å². The second-order valence-electron chi connectivity index (χ2n) is 5.86. The number of amides is 1. The van der Waals surface area contributed by atoms with Gasteiger partial charge < -0.3 is 10.2 Å². The SMILES string of the molecule is CCS(=O)(=O)CCCN1CCCC1C(=O)N1CCNCC1. The number of hydrogen-bond donors (Lipinski definition) is 1. The van der Waals surface area contributed by atoms with E-state index in [1.165, 1.54) is 0 Å². The molecule has 0 radical (unpaired) electrons. The lowest BCUT2D eigenvalue weighted by Crippen LogP contribution is -2.52. The van der Waals surface area contributed by atoms with Crippen LogP contribution >= 0.6 is 0 Å². The van der Waals surface area contributed by atoms with Crippen LogP contribution in [0.1, 0.15) is 26.2 Å². The molecule has 0 bridgehead atoms. The first kappa shape index (κ1) is 16.7. The van der Waals surface area contributed by atoms with Crippen LogP contribution in [0.5, 0.6) is 0 Å². The lowest BCUT2D eigenvalue weighted by molar-refractivity contribution is -0.136. The van der Waals surface area contributed by atoms with Crippen molar-refractivity contribution in [2.24, 2.45) is 0 Å². The van der Waals surface area contributed by atoms with Crippen LogP contribution in [-0.4, -0.2) is 80.9 Å². The van der Waals surface area contributed by atoms with Gasteiger partial charge in [0.15, 0.2) is 0 Å². The molecule has 1 N–H and O–H groups in total. The van der Waals surface area contributed by atoms with Gasteiger partial charge in [-0.3, -0.25) is 9.69 Å². The highest BCUT2D eigenvalue weighted by molar-refractivity contribution is 7.91. The normalized spacial score (nSPS) is 24.4. The van der Waals surface area contributed by atoms with E-state index in [2.05, 4.69) is 10.2 Å². The minimum absolute atomic E-state index is 0.0348. The van der Waals surface area contributed by atoms with Gasteiger partial charge in [0.25, 0.3) is 0 Å². The molecule has 0 aromatic carbocycles. The topological polar surface area (TPSA) is 69.7 Å². The van der Waals surface area contributed by atoms with Gasteiger partial charge in [-0.2, -0.15) is 0 Å². The Morgan fingerprint density at radius 3 is 2.62 bits per heavy atom. The van der Waals surface area contributed by atoms with Crippen LogP contribution in [0.25, 0.3) is 0 Å². The maximum atomic E-state index is 12.6. The predicted octanol–water partition coefficient (Wildman–Crippen LogP) is -0.293. The van der Waals surface area contributed by atoms with Gasteiger partial charge >= 0.3 is 0 Å². The van der Waals surface area contributed by atoms with Crippen LogP contribution in [-0.2, 0) is 14.6 Å². The van der Waals surface area contributed by atoms with Crippen molar-refractivity contribution in [1.29, 1.82) is 0 Å². The van der Waals surface area contributed by atoms with Crippen molar-refractivity contribution in [3.8, 4) is 0 Å². The largest absolute Gasteiger partial charge is 0.339 e. The monoisotopic (exact) mass is 317 g/mol. The number of nitrogens with zero attached hydrogens (tertiary/aromatic N) is 2. The van der Waals surface area contributed by atoms with Crippen molar-refractivity contribution in [1.82, 2.24) is 15.1 Å².